The normalized spacial score (nSPS) is 24.2. The SMILES string of the molecule is CC1CCCN(C(=O)CNC(=O)NC2CCCCC2)C1. The first-order chi connectivity index (χ1) is 9.65. The molecule has 1 atom stereocenters. The highest BCUT2D eigenvalue weighted by Gasteiger charge is 2.21. The lowest BCUT2D eigenvalue weighted by atomic mass is 9.96. The van der Waals surface area contributed by atoms with Crippen molar-refractivity contribution in [1.29, 1.82) is 0 Å². The standard InChI is InChI=1S/C15H27N3O2/c1-12-6-5-9-18(11-12)14(19)10-16-15(20)17-13-7-3-2-4-8-13/h12-13H,2-11H2,1H3,(H2,16,17,20). The van der Waals surface area contributed by atoms with Gasteiger partial charge in [0.2, 0.25) is 5.91 Å². The van der Waals surface area contributed by atoms with Gasteiger partial charge in [0.15, 0.2) is 0 Å². The minimum Gasteiger partial charge on any atom is -0.341 e. The summed E-state index contributed by atoms with van der Waals surface area (Å²) >= 11 is 0. The third kappa shape index (κ3) is 4.69. The Morgan fingerprint density at radius 3 is 2.55 bits per heavy atom. The van der Waals surface area contributed by atoms with Crippen LogP contribution >= 0.6 is 0 Å². The zero-order valence-electron chi connectivity index (χ0n) is 12.5. The molecule has 2 aliphatic rings. The molecule has 1 saturated heterocycles. The average molecular weight is 281 g/mol. The second-order valence-corrected chi connectivity index (χ2v) is 6.25. The van der Waals surface area contributed by atoms with Crippen LogP contribution in [0.25, 0.3) is 0 Å². The number of hydrogen-bond donors (Lipinski definition) is 2. The topological polar surface area (TPSA) is 61.4 Å². The number of hydrogen-bond acceptors (Lipinski definition) is 2. The van der Waals surface area contributed by atoms with Crippen LogP contribution in [0.5, 0.6) is 0 Å². The van der Waals surface area contributed by atoms with Crippen LogP contribution in [0.1, 0.15) is 51.9 Å². The van der Waals surface area contributed by atoms with Gasteiger partial charge in [-0.1, -0.05) is 26.2 Å². The molecule has 1 aliphatic carbocycles. The van der Waals surface area contributed by atoms with E-state index in [1.54, 1.807) is 0 Å². The Hall–Kier alpha value is -1.26. The van der Waals surface area contributed by atoms with Crippen LogP contribution in [0.15, 0.2) is 0 Å². The summed E-state index contributed by atoms with van der Waals surface area (Å²) in [6, 6.07) is 0.0872. The number of nitrogens with zero attached hydrogens (tertiary/aromatic N) is 1. The molecular weight excluding hydrogens is 254 g/mol. The zero-order valence-corrected chi connectivity index (χ0v) is 12.5. The van der Waals surface area contributed by atoms with Crippen molar-refractivity contribution in [3.05, 3.63) is 0 Å². The average Bonchev–Trinajstić information content (AvgIpc) is 2.46. The van der Waals surface area contributed by atoms with Crippen molar-refractivity contribution in [2.24, 2.45) is 5.92 Å². The van der Waals surface area contributed by atoms with Crippen molar-refractivity contribution in [1.82, 2.24) is 15.5 Å². The molecular formula is C15H27N3O2. The van der Waals surface area contributed by atoms with E-state index in [0.29, 0.717) is 5.92 Å². The summed E-state index contributed by atoms with van der Waals surface area (Å²) in [6.45, 7) is 3.94. The summed E-state index contributed by atoms with van der Waals surface area (Å²) in [5.74, 6) is 0.610. The number of carbonyl (C=O) groups excluding carboxylic acids is 2. The minimum atomic E-state index is -0.199. The molecule has 5 heteroatoms. The smallest absolute Gasteiger partial charge is 0.315 e. The monoisotopic (exact) mass is 281 g/mol. The molecule has 114 valence electrons. The first kappa shape index (κ1) is 15.1. The molecule has 2 rings (SSSR count). The molecule has 1 unspecified atom stereocenters. The molecule has 1 aliphatic heterocycles. The maximum absolute atomic E-state index is 12.0. The molecule has 0 aromatic rings. The largest absolute Gasteiger partial charge is 0.341 e. The van der Waals surface area contributed by atoms with Gasteiger partial charge in [0.1, 0.15) is 0 Å². The molecule has 0 bridgehead atoms. The number of urea groups is 1. The van der Waals surface area contributed by atoms with Crippen molar-refractivity contribution >= 4 is 11.9 Å². The Morgan fingerprint density at radius 1 is 1.10 bits per heavy atom. The molecule has 0 radical (unpaired) electrons. The predicted octanol–water partition coefficient (Wildman–Crippen LogP) is 1.88. The summed E-state index contributed by atoms with van der Waals surface area (Å²) in [4.78, 5) is 25.7. The zero-order chi connectivity index (χ0) is 14.4. The minimum absolute atomic E-state index is 0.0374. The van der Waals surface area contributed by atoms with E-state index < -0.39 is 0 Å². The maximum Gasteiger partial charge on any atom is 0.315 e. The van der Waals surface area contributed by atoms with E-state index in [1.807, 2.05) is 4.90 Å². The summed E-state index contributed by atoms with van der Waals surface area (Å²) in [5, 5.41) is 5.67. The summed E-state index contributed by atoms with van der Waals surface area (Å²) < 4.78 is 0. The molecule has 2 fully saturated rings. The van der Waals surface area contributed by atoms with E-state index in [0.717, 1.165) is 32.4 Å². The first-order valence-corrected chi connectivity index (χ1v) is 7.97. The summed E-state index contributed by atoms with van der Waals surface area (Å²) in [7, 11) is 0. The number of nitrogens with one attached hydrogen (secondary N) is 2. The van der Waals surface area contributed by atoms with Gasteiger partial charge >= 0.3 is 6.03 Å². The van der Waals surface area contributed by atoms with Gasteiger partial charge in [0, 0.05) is 19.1 Å². The highest BCUT2D eigenvalue weighted by Crippen LogP contribution is 2.17. The summed E-state index contributed by atoms with van der Waals surface area (Å²) in [5.41, 5.74) is 0. The third-order valence-corrected chi connectivity index (χ3v) is 4.35. The molecule has 0 spiro atoms. The van der Waals surface area contributed by atoms with Crippen LogP contribution in [0.4, 0.5) is 4.79 Å². The van der Waals surface area contributed by atoms with Crippen molar-refractivity contribution in [2.75, 3.05) is 19.6 Å². The fourth-order valence-corrected chi connectivity index (χ4v) is 3.17. The quantitative estimate of drug-likeness (QED) is 0.829. The van der Waals surface area contributed by atoms with E-state index in [1.165, 1.54) is 25.7 Å². The van der Waals surface area contributed by atoms with Gasteiger partial charge in [0.25, 0.3) is 0 Å². The van der Waals surface area contributed by atoms with Gasteiger partial charge in [-0.25, -0.2) is 4.79 Å². The second kappa shape index (κ2) is 7.50. The van der Waals surface area contributed by atoms with E-state index in [9.17, 15) is 9.59 Å². The lowest BCUT2D eigenvalue weighted by Crippen LogP contribution is -2.48. The second-order valence-electron chi connectivity index (χ2n) is 6.25. The van der Waals surface area contributed by atoms with Gasteiger partial charge in [-0.3, -0.25) is 4.79 Å². The van der Waals surface area contributed by atoms with Crippen LogP contribution in [0, 0.1) is 5.92 Å². The Kier molecular flexibility index (Phi) is 5.68. The van der Waals surface area contributed by atoms with Gasteiger partial charge in [-0.2, -0.15) is 0 Å². The van der Waals surface area contributed by atoms with Crippen LogP contribution in [-0.2, 0) is 4.79 Å². The van der Waals surface area contributed by atoms with Gasteiger partial charge in [-0.05, 0) is 31.6 Å². The van der Waals surface area contributed by atoms with Crippen molar-refractivity contribution < 1.29 is 9.59 Å². The molecule has 1 heterocycles. The number of likely N-dealkylation sites (tertiary alicyclic amines) is 1. The Balaban J connectivity index is 1.65. The van der Waals surface area contributed by atoms with Crippen molar-refractivity contribution in [3.63, 3.8) is 0 Å². The number of piperidine rings is 1. The molecule has 5 nitrogen and oxygen atoms in total. The molecule has 20 heavy (non-hydrogen) atoms. The van der Waals surface area contributed by atoms with E-state index >= 15 is 0 Å². The highest BCUT2D eigenvalue weighted by atomic mass is 16.2. The molecule has 0 aromatic heterocycles. The Labute approximate surface area is 121 Å². The predicted molar refractivity (Wildman–Crippen MR) is 78.4 cm³/mol. The van der Waals surface area contributed by atoms with Crippen LogP contribution in [0.3, 0.4) is 0 Å². The number of amides is 3. The number of rotatable bonds is 3. The molecule has 2 N–H and O–H groups in total. The lowest BCUT2D eigenvalue weighted by molar-refractivity contribution is -0.131. The van der Waals surface area contributed by atoms with Crippen LogP contribution in [-0.4, -0.2) is 42.5 Å². The van der Waals surface area contributed by atoms with E-state index in [4.69, 9.17) is 0 Å². The van der Waals surface area contributed by atoms with Gasteiger partial charge < -0.3 is 15.5 Å². The molecule has 1 saturated carbocycles. The molecule has 0 aromatic carbocycles. The van der Waals surface area contributed by atoms with Crippen molar-refractivity contribution in [3.8, 4) is 0 Å². The maximum atomic E-state index is 12.0. The van der Waals surface area contributed by atoms with Gasteiger partial charge in [0.05, 0.1) is 6.54 Å². The lowest BCUT2D eigenvalue weighted by Gasteiger charge is -2.31. The number of carbonyl (C=O) groups is 2. The fourth-order valence-electron chi connectivity index (χ4n) is 3.17. The first-order valence-electron chi connectivity index (χ1n) is 7.97. The molecule has 3 amide bonds. The third-order valence-electron chi connectivity index (χ3n) is 4.35. The Morgan fingerprint density at radius 2 is 1.85 bits per heavy atom. The van der Waals surface area contributed by atoms with Crippen LogP contribution in [0.2, 0.25) is 0 Å². The van der Waals surface area contributed by atoms with Crippen LogP contribution < -0.4 is 10.6 Å². The fraction of sp³-hybridized carbons (Fsp3) is 0.867. The highest BCUT2D eigenvalue weighted by molar-refractivity contribution is 5.84. The van der Waals surface area contributed by atoms with Crippen molar-refractivity contribution in [2.45, 2.75) is 57.9 Å². The Bertz CT molecular complexity index is 340. The van der Waals surface area contributed by atoms with E-state index in [-0.39, 0.29) is 24.5 Å². The van der Waals surface area contributed by atoms with E-state index in [2.05, 4.69) is 17.6 Å². The summed E-state index contributed by atoms with van der Waals surface area (Å²) in [6.07, 6.45) is 8.03. The van der Waals surface area contributed by atoms with Gasteiger partial charge in [-0.15, -0.1) is 0 Å².